The molecule has 1 amide bonds. The highest BCUT2D eigenvalue weighted by atomic mass is 16.5. The molecule has 0 unspecified atom stereocenters. The zero-order valence-electron chi connectivity index (χ0n) is 16.1. The van der Waals surface area contributed by atoms with E-state index in [1.54, 1.807) is 10.7 Å². The van der Waals surface area contributed by atoms with Crippen molar-refractivity contribution in [3.8, 4) is 0 Å². The first-order valence-electron chi connectivity index (χ1n) is 9.36. The molecule has 146 valence electrons. The van der Waals surface area contributed by atoms with Crippen molar-refractivity contribution in [1.29, 1.82) is 0 Å². The lowest BCUT2D eigenvalue weighted by atomic mass is 10.1. The minimum absolute atomic E-state index is 0.0570. The molecule has 28 heavy (non-hydrogen) atoms. The molecule has 1 aliphatic rings. The van der Waals surface area contributed by atoms with E-state index in [-0.39, 0.29) is 5.91 Å². The predicted octanol–water partition coefficient (Wildman–Crippen LogP) is 1.54. The molecule has 1 N–H and O–H groups in total. The molecule has 9 heteroatoms. The second kappa shape index (κ2) is 7.89. The molecule has 1 saturated heterocycles. The Morgan fingerprint density at radius 2 is 2.04 bits per heavy atom. The van der Waals surface area contributed by atoms with E-state index in [1.165, 1.54) is 6.33 Å². The average Bonchev–Trinajstić information content (AvgIpc) is 3.17. The van der Waals surface area contributed by atoms with Crippen LogP contribution >= 0.6 is 0 Å². The monoisotopic (exact) mass is 381 g/mol. The van der Waals surface area contributed by atoms with Gasteiger partial charge in [-0.15, -0.1) is 0 Å². The highest BCUT2D eigenvalue weighted by Gasteiger charge is 2.14. The van der Waals surface area contributed by atoms with Crippen LogP contribution in [0.5, 0.6) is 0 Å². The van der Waals surface area contributed by atoms with Gasteiger partial charge in [0.2, 0.25) is 5.91 Å². The van der Waals surface area contributed by atoms with E-state index in [9.17, 15) is 4.79 Å². The molecule has 0 bridgehead atoms. The van der Waals surface area contributed by atoms with Gasteiger partial charge in [0.15, 0.2) is 0 Å². The lowest BCUT2D eigenvalue weighted by Gasteiger charge is -2.27. The van der Waals surface area contributed by atoms with E-state index < -0.39 is 0 Å². The fraction of sp³-hybridized carbons (Fsp3) is 0.421. The summed E-state index contributed by atoms with van der Waals surface area (Å²) in [6, 6.07) is 3.81. The van der Waals surface area contributed by atoms with E-state index in [0.717, 1.165) is 35.9 Å². The predicted molar refractivity (Wildman–Crippen MR) is 104 cm³/mol. The molecule has 0 atom stereocenters. The summed E-state index contributed by atoms with van der Waals surface area (Å²) in [5.74, 6) is 1.42. The minimum Gasteiger partial charge on any atom is -0.378 e. The van der Waals surface area contributed by atoms with Crippen LogP contribution in [0.3, 0.4) is 0 Å². The Hall–Kier alpha value is -3.07. The lowest BCUT2D eigenvalue weighted by Crippen LogP contribution is -2.36. The number of aryl methyl sites for hydroxylation is 2. The van der Waals surface area contributed by atoms with Crippen LogP contribution in [0.15, 0.2) is 24.7 Å². The average molecular weight is 381 g/mol. The normalized spacial score (nSPS) is 14.4. The molecule has 4 rings (SSSR count). The third kappa shape index (κ3) is 3.79. The fourth-order valence-electron chi connectivity index (χ4n) is 3.42. The zero-order chi connectivity index (χ0) is 19.5. The van der Waals surface area contributed by atoms with Gasteiger partial charge in [-0.1, -0.05) is 0 Å². The van der Waals surface area contributed by atoms with Crippen molar-refractivity contribution < 1.29 is 9.53 Å². The van der Waals surface area contributed by atoms with Crippen molar-refractivity contribution in [2.24, 2.45) is 0 Å². The largest absolute Gasteiger partial charge is 0.378 e. The molecule has 3 aromatic heterocycles. The van der Waals surface area contributed by atoms with Gasteiger partial charge in [-0.3, -0.25) is 4.79 Å². The van der Waals surface area contributed by atoms with Gasteiger partial charge in [0.25, 0.3) is 5.78 Å². The SMILES string of the molecule is Cc1nc2ncnn2c(C)c1CCC(=O)Nc1ccc(N2CCOCC2)nc1. The smallest absolute Gasteiger partial charge is 0.252 e. The Labute approximate surface area is 162 Å². The highest BCUT2D eigenvalue weighted by Crippen LogP contribution is 2.17. The molecular formula is C19H23N7O2. The number of fused-ring (bicyclic) bond motifs is 1. The Morgan fingerprint density at radius 3 is 2.79 bits per heavy atom. The highest BCUT2D eigenvalue weighted by molar-refractivity contribution is 5.90. The number of hydrogen-bond donors (Lipinski definition) is 1. The number of morpholine rings is 1. The number of aromatic nitrogens is 5. The van der Waals surface area contributed by atoms with Crippen molar-refractivity contribution in [1.82, 2.24) is 24.6 Å². The maximum Gasteiger partial charge on any atom is 0.252 e. The Balaban J connectivity index is 1.37. The number of nitrogens with one attached hydrogen (secondary N) is 1. The van der Waals surface area contributed by atoms with Crippen LogP contribution in [0.25, 0.3) is 5.78 Å². The second-order valence-corrected chi connectivity index (χ2v) is 6.79. The first-order chi connectivity index (χ1) is 13.6. The van der Waals surface area contributed by atoms with Crippen molar-refractivity contribution in [3.05, 3.63) is 41.6 Å². The van der Waals surface area contributed by atoms with E-state index in [2.05, 4.69) is 30.3 Å². The summed E-state index contributed by atoms with van der Waals surface area (Å²) in [4.78, 5) is 27.6. The number of hydrogen-bond acceptors (Lipinski definition) is 7. The van der Waals surface area contributed by atoms with Crippen LogP contribution in [-0.2, 0) is 16.0 Å². The number of nitrogens with zero attached hydrogens (tertiary/aromatic N) is 6. The van der Waals surface area contributed by atoms with Gasteiger partial charge in [0.1, 0.15) is 12.1 Å². The first kappa shape index (κ1) is 18.3. The molecule has 0 spiro atoms. The quantitative estimate of drug-likeness (QED) is 0.716. The van der Waals surface area contributed by atoms with Gasteiger partial charge >= 0.3 is 0 Å². The number of carbonyl (C=O) groups is 1. The number of amides is 1. The summed E-state index contributed by atoms with van der Waals surface area (Å²) >= 11 is 0. The molecular weight excluding hydrogens is 358 g/mol. The van der Waals surface area contributed by atoms with Crippen LogP contribution < -0.4 is 10.2 Å². The first-order valence-corrected chi connectivity index (χ1v) is 9.36. The Morgan fingerprint density at radius 1 is 1.21 bits per heavy atom. The molecule has 1 fully saturated rings. The van der Waals surface area contributed by atoms with Gasteiger partial charge in [-0.2, -0.15) is 10.1 Å². The molecule has 0 aromatic carbocycles. The van der Waals surface area contributed by atoms with E-state index in [1.807, 2.05) is 26.0 Å². The summed E-state index contributed by atoms with van der Waals surface area (Å²) in [5, 5.41) is 7.10. The molecule has 9 nitrogen and oxygen atoms in total. The van der Waals surface area contributed by atoms with E-state index in [0.29, 0.717) is 37.5 Å². The summed E-state index contributed by atoms with van der Waals surface area (Å²) in [7, 11) is 0. The van der Waals surface area contributed by atoms with Crippen molar-refractivity contribution in [2.45, 2.75) is 26.7 Å². The molecule has 0 aliphatic carbocycles. The van der Waals surface area contributed by atoms with Crippen LogP contribution in [-0.4, -0.2) is 56.8 Å². The molecule has 3 aromatic rings. The number of anilines is 2. The van der Waals surface area contributed by atoms with Gasteiger partial charge in [-0.25, -0.2) is 14.5 Å². The summed E-state index contributed by atoms with van der Waals surface area (Å²) < 4.78 is 7.06. The van der Waals surface area contributed by atoms with Gasteiger partial charge < -0.3 is 15.0 Å². The number of pyridine rings is 1. The van der Waals surface area contributed by atoms with Crippen molar-refractivity contribution in [2.75, 3.05) is 36.5 Å². The van der Waals surface area contributed by atoms with Crippen LogP contribution in [0.2, 0.25) is 0 Å². The minimum atomic E-state index is -0.0570. The van der Waals surface area contributed by atoms with Gasteiger partial charge in [-0.05, 0) is 38.0 Å². The van der Waals surface area contributed by atoms with E-state index in [4.69, 9.17) is 4.74 Å². The third-order valence-corrected chi connectivity index (χ3v) is 4.96. The maximum absolute atomic E-state index is 12.4. The van der Waals surface area contributed by atoms with E-state index >= 15 is 0 Å². The molecule has 4 heterocycles. The van der Waals surface area contributed by atoms with Crippen molar-refractivity contribution in [3.63, 3.8) is 0 Å². The fourth-order valence-corrected chi connectivity index (χ4v) is 3.42. The van der Waals surface area contributed by atoms with Crippen molar-refractivity contribution >= 4 is 23.2 Å². The van der Waals surface area contributed by atoms with Gasteiger partial charge in [0.05, 0.1) is 25.1 Å². The molecule has 0 saturated carbocycles. The third-order valence-electron chi connectivity index (χ3n) is 4.96. The summed E-state index contributed by atoms with van der Waals surface area (Å²) in [6.07, 6.45) is 4.13. The zero-order valence-corrected chi connectivity index (χ0v) is 16.1. The van der Waals surface area contributed by atoms with Crippen LogP contribution in [0.1, 0.15) is 23.4 Å². The topological polar surface area (TPSA) is 97.5 Å². The number of rotatable bonds is 5. The standard InChI is InChI=1S/C19H23N7O2/c1-13-16(14(2)26-19(23-13)21-12-22-26)4-6-18(27)24-15-3-5-17(20-11-15)25-7-9-28-10-8-25/h3,5,11-12H,4,6-10H2,1-2H3,(H,24,27). The molecule has 1 aliphatic heterocycles. The second-order valence-electron chi connectivity index (χ2n) is 6.79. The number of ether oxygens (including phenoxy) is 1. The number of carbonyl (C=O) groups excluding carboxylic acids is 1. The lowest BCUT2D eigenvalue weighted by molar-refractivity contribution is -0.116. The van der Waals surface area contributed by atoms with Gasteiger partial charge in [0, 0.05) is 30.9 Å². The molecule has 0 radical (unpaired) electrons. The Bertz CT molecular complexity index is 978. The maximum atomic E-state index is 12.4. The Kier molecular flexibility index (Phi) is 5.16. The van der Waals surface area contributed by atoms with Crippen LogP contribution in [0.4, 0.5) is 11.5 Å². The summed E-state index contributed by atoms with van der Waals surface area (Å²) in [6.45, 7) is 7.01. The summed E-state index contributed by atoms with van der Waals surface area (Å²) in [5.41, 5.74) is 3.56. The van der Waals surface area contributed by atoms with Crippen LogP contribution in [0, 0.1) is 13.8 Å².